The molecule has 0 aliphatic carbocycles. The van der Waals surface area contributed by atoms with Crippen LogP contribution >= 0.6 is 12.6 Å². The minimum Gasteiger partial charge on any atom is -0.319 e. The van der Waals surface area contributed by atoms with Crippen LogP contribution in [0, 0.1) is 0 Å². The lowest BCUT2D eigenvalue weighted by atomic mass is 11.0. The van der Waals surface area contributed by atoms with Crippen molar-refractivity contribution in [3.63, 3.8) is 0 Å². The molecule has 0 spiro atoms. The fourth-order valence-corrected chi connectivity index (χ4v) is 0.241. The van der Waals surface area contributed by atoms with Crippen molar-refractivity contribution in [3.05, 3.63) is 11.3 Å². The highest BCUT2D eigenvalue weighted by atomic mass is 32.1. The molecule has 1 aliphatic heterocycles. The molecule has 3 nitrogen and oxygen atoms in total. The topological polar surface area (TPSA) is 30.5 Å². The van der Waals surface area contributed by atoms with Crippen molar-refractivity contribution >= 4 is 12.6 Å². The van der Waals surface area contributed by atoms with Crippen molar-refractivity contribution in [3.8, 4) is 0 Å². The monoisotopic (exact) mass is 105 g/mol. The van der Waals surface area contributed by atoms with Gasteiger partial charge in [-0.3, -0.25) is 0 Å². The van der Waals surface area contributed by atoms with E-state index in [1.807, 2.05) is 0 Å². The molecule has 0 amide bonds. The summed E-state index contributed by atoms with van der Waals surface area (Å²) in [6.45, 7) is 0. The molecule has 4 heteroatoms. The lowest BCUT2D eigenvalue weighted by molar-refractivity contribution is -0.264. The predicted octanol–water partition coefficient (Wildman–Crippen LogP) is 0.181. The van der Waals surface area contributed by atoms with E-state index in [1.165, 1.54) is 6.26 Å². The van der Waals surface area contributed by atoms with Gasteiger partial charge in [-0.25, -0.2) is 5.48 Å². The zero-order chi connectivity index (χ0) is 4.41. The molecule has 0 aromatic rings. The van der Waals surface area contributed by atoms with E-state index in [0.717, 1.165) is 0 Å². The summed E-state index contributed by atoms with van der Waals surface area (Å²) in [6.07, 6.45) is 1.35. The zero-order valence-corrected chi connectivity index (χ0v) is 3.74. The van der Waals surface area contributed by atoms with Crippen molar-refractivity contribution in [2.24, 2.45) is 0 Å². The van der Waals surface area contributed by atoms with E-state index in [-0.39, 0.29) is 0 Å². The summed E-state index contributed by atoms with van der Waals surface area (Å²) in [4.78, 5) is 8.34. The first-order chi connectivity index (χ1) is 2.89. The van der Waals surface area contributed by atoms with Gasteiger partial charge in [0, 0.05) is 0 Å². The van der Waals surface area contributed by atoms with Gasteiger partial charge in [0.25, 0.3) is 0 Å². The standard InChI is InChI=1S/C2H3NO2S/c6-2-1-4-5-3-2/h1,3,6H. The van der Waals surface area contributed by atoms with Crippen molar-refractivity contribution in [1.82, 2.24) is 5.48 Å². The van der Waals surface area contributed by atoms with Crippen LogP contribution in [0.3, 0.4) is 0 Å². The fourth-order valence-electron chi connectivity index (χ4n) is 0.160. The Bertz CT molecular complexity index is 81.6. The Morgan fingerprint density at radius 1 is 1.83 bits per heavy atom. The van der Waals surface area contributed by atoms with Gasteiger partial charge in [-0.05, 0) is 0 Å². The highest BCUT2D eigenvalue weighted by Crippen LogP contribution is 2.00. The number of hydrogen-bond acceptors (Lipinski definition) is 4. The molecule has 1 rings (SSSR count). The minimum absolute atomic E-state index is 0.579. The molecule has 1 aliphatic rings. The molecule has 0 aromatic heterocycles. The lowest BCUT2D eigenvalue weighted by Gasteiger charge is -1.84. The van der Waals surface area contributed by atoms with Gasteiger partial charge in [0.1, 0.15) is 5.03 Å². The molecule has 1 N–H and O–H groups in total. The van der Waals surface area contributed by atoms with Gasteiger partial charge in [0.15, 0.2) is 6.26 Å². The second-order valence-electron chi connectivity index (χ2n) is 0.785. The first kappa shape index (κ1) is 3.83. The van der Waals surface area contributed by atoms with Crippen molar-refractivity contribution in [1.29, 1.82) is 0 Å². The van der Waals surface area contributed by atoms with E-state index >= 15 is 0 Å². The molecule has 34 valence electrons. The quantitative estimate of drug-likeness (QED) is 0.340. The van der Waals surface area contributed by atoms with Gasteiger partial charge in [-0.15, -0.1) is 12.6 Å². The van der Waals surface area contributed by atoms with Crippen LogP contribution in [0.1, 0.15) is 0 Å². The Balaban J connectivity index is 2.45. The minimum atomic E-state index is 0.579. The summed E-state index contributed by atoms with van der Waals surface area (Å²) < 4.78 is 0. The third-order valence-electron chi connectivity index (χ3n) is 0.354. The number of rotatable bonds is 0. The van der Waals surface area contributed by atoms with Crippen molar-refractivity contribution in [2.45, 2.75) is 0 Å². The molecule has 0 fully saturated rings. The fraction of sp³-hybridized carbons (Fsp3) is 0. The maximum absolute atomic E-state index is 4.21. The van der Waals surface area contributed by atoms with Gasteiger partial charge < -0.3 is 4.89 Å². The summed E-state index contributed by atoms with van der Waals surface area (Å²) in [6, 6.07) is 0. The third-order valence-corrected chi connectivity index (χ3v) is 0.551. The molecule has 0 saturated carbocycles. The van der Waals surface area contributed by atoms with Crippen LogP contribution in [-0.4, -0.2) is 0 Å². The Hall–Kier alpha value is -0.350. The summed E-state index contributed by atoms with van der Waals surface area (Å²) in [7, 11) is 0. The lowest BCUT2D eigenvalue weighted by Crippen LogP contribution is -1.99. The van der Waals surface area contributed by atoms with E-state index in [1.54, 1.807) is 0 Å². The second-order valence-corrected chi connectivity index (χ2v) is 1.27. The van der Waals surface area contributed by atoms with Gasteiger partial charge in [0.2, 0.25) is 0 Å². The van der Waals surface area contributed by atoms with Crippen LogP contribution in [0.25, 0.3) is 0 Å². The third kappa shape index (κ3) is 0.580. The Morgan fingerprint density at radius 3 is 2.83 bits per heavy atom. The smallest absolute Gasteiger partial charge is 0.164 e. The van der Waals surface area contributed by atoms with Crippen LogP contribution in [0.15, 0.2) is 11.3 Å². The number of thiol groups is 1. The van der Waals surface area contributed by atoms with E-state index in [9.17, 15) is 0 Å². The average Bonchev–Trinajstić information content (AvgIpc) is 1.86. The summed E-state index contributed by atoms with van der Waals surface area (Å²) >= 11 is 3.79. The maximum atomic E-state index is 4.21. The Labute approximate surface area is 40.2 Å². The summed E-state index contributed by atoms with van der Waals surface area (Å²) in [5.74, 6) is 0. The van der Waals surface area contributed by atoms with Crippen LogP contribution in [0.4, 0.5) is 0 Å². The zero-order valence-electron chi connectivity index (χ0n) is 2.84. The van der Waals surface area contributed by atoms with Crippen LogP contribution < -0.4 is 5.48 Å². The van der Waals surface area contributed by atoms with E-state index < -0.39 is 0 Å². The van der Waals surface area contributed by atoms with Gasteiger partial charge in [0.05, 0.1) is 0 Å². The van der Waals surface area contributed by atoms with E-state index in [2.05, 4.69) is 28.0 Å². The van der Waals surface area contributed by atoms with Gasteiger partial charge in [-0.1, -0.05) is 4.99 Å². The molecule has 6 heavy (non-hydrogen) atoms. The van der Waals surface area contributed by atoms with Gasteiger partial charge >= 0.3 is 0 Å². The van der Waals surface area contributed by atoms with Crippen molar-refractivity contribution in [2.75, 3.05) is 0 Å². The largest absolute Gasteiger partial charge is 0.319 e. The molecule has 0 unspecified atom stereocenters. The normalized spacial score (nSPS) is 18.5. The molecule has 0 radical (unpaired) electrons. The average molecular weight is 105 g/mol. The predicted molar refractivity (Wildman–Crippen MR) is 22.4 cm³/mol. The molecule has 1 heterocycles. The Morgan fingerprint density at radius 2 is 2.67 bits per heavy atom. The second kappa shape index (κ2) is 1.40. The van der Waals surface area contributed by atoms with Crippen LogP contribution in [0.2, 0.25) is 0 Å². The highest BCUT2D eigenvalue weighted by Gasteiger charge is 1.95. The molecule has 0 aromatic carbocycles. The first-order valence-electron chi connectivity index (χ1n) is 1.37. The summed E-state index contributed by atoms with van der Waals surface area (Å²) in [5.41, 5.74) is 2.32. The summed E-state index contributed by atoms with van der Waals surface area (Å²) in [5, 5.41) is 0.579. The van der Waals surface area contributed by atoms with E-state index in [4.69, 9.17) is 0 Å². The molecule has 0 saturated heterocycles. The van der Waals surface area contributed by atoms with Crippen LogP contribution in [-0.2, 0) is 9.88 Å². The molecule has 0 atom stereocenters. The Kier molecular flexibility index (Phi) is 0.894. The number of nitrogens with one attached hydrogen (secondary N) is 1. The molecular formula is C2H3NO2S. The van der Waals surface area contributed by atoms with Crippen LogP contribution in [0.5, 0.6) is 0 Å². The SMILES string of the molecule is SC1=COON1. The highest BCUT2D eigenvalue weighted by molar-refractivity contribution is 7.84. The number of hydroxylamine groups is 1. The van der Waals surface area contributed by atoms with E-state index in [0.29, 0.717) is 5.03 Å². The first-order valence-corrected chi connectivity index (χ1v) is 1.82. The van der Waals surface area contributed by atoms with Crippen molar-refractivity contribution < 1.29 is 9.88 Å². The van der Waals surface area contributed by atoms with Gasteiger partial charge in [-0.2, -0.15) is 0 Å². The maximum Gasteiger partial charge on any atom is 0.164 e. The molecule has 0 bridgehead atoms. The molecular weight excluding hydrogens is 102 g/mol. The number of hydrogen-bond donors (Lipinski definition) is 2.